The molecule has 0 saturated carbocycles. The summed E-state index contributed by atoms with van der Waals surface area (Å²) in [5, 5.41) is 0. The Kier molecular flexibility index (Phi) is 6.97. The molecular weight excluding hydrogens is 468 g/mol. The molecule has 1 unspecified atom stereocenters. The smallest absolute Gasteiger partial charge is 0.338 e. The van der Waals surface area contributed by atoms with Gasteiger partial charge in [0.2, 0.25) is 0 Å². The number of thiazole rings is 1. The number of carbonyl (C=O) groups excluding carboxylic acids is 2. The van der Waals surface area contributed by atoms with E-state index in [1.54, 1.807) is 63.4 Å². The van der Waals surface area contributed by atoms with Gasteiger partial charge < -0.3 is 14.2 Å². The van der Waals surface area contributed by atoms with Crippen LogP contribution < -0.4 is 19.6 Å². The van der Waals surface area contributed by atoms with Gasteiger partial charge in [0, 0.05) is 0 Å². The van der Waals surface area contributed by atoms with Crippen molar-refractivity contribution < 1.29 is 23.8 Å². The third-order valence-electron chi connectivity index (χ3n) is 5.58. The summed E-state index contributed by atoms with van der Waals surface area (Å²) in [6.45, 7) is 3.68. The highest BCUT2D eigenvalue weighted by molar-refractivity contribution is 7.07. The number of fused-ring (bicyclic) bond motifs is 1. The summed E-state index contributed by atoms with van der Waals surface area (Å²) < 4.78 is 17.3. The van der Waals surface area contributed by atoms with Gasteiger partial charge in [-0.2, -0.15) is 0 Å². The average molecular weight is 493 g/mol. The molecule has 1 atom stereocenters. The van der Waals surface area contributed by atoms with Crippen molar-refractivity contribution in [2.75, 3.05) is 20.8 Å². The van der Waals surface area contributed by atoms with Crippen LogP contribution in [0.5, 0.6) is 5.75 Å². The molecule has 0 N–H and O–H groups in total. The second kappa shape index (κ2) is 10.1. The van der Waals surface area contributed by atoms with E-state index in [4.69, 9.17) is 14.2 Å². The summed E-state index contributed by atoms with van der Waals surface area (Å²) in [5.41, 5.74) is 2.43. The van der Waals surface area contributed by atoms with E-state index in [2.05, 4.69) is 4.99 Å². The van der Waals surface area contributed by atoms with Crippen LogP contribution in [0.1, 0.15) is 41.4 Å². The molecule has 0 fully saturated rings. The molecule has 1 aromatic heterocycles. The van der Waals surface area contributed by atoms with Crippen LogP contribution >= 0.6 is 11.3 Å². The SMILES string of the molecule is CCOC(=O)C1=C(C)N=c2s/c(=C\c3ccc(C(=O)OC)cc3)c(=O)n2C1c1ccc(OC)cc1. The highest BCUT2D eigenvalue weighted by atomic mass is 32.1. The Bertz CT molecular complexity index is 1480. The standard InChI is InChI=1S/C26H24N2O6S/c1-5-34-25(31)21-15(2)27-26-28(22(21)17-10-12-19(32-3)13-11-17)23(29)20(35-26)14-16-6-8-18(9-7-16)24(30)33-4/h6-14,22H,5H2,1-4H3/b20-14-. The van der Waals surface area contributed by atoms with Crippen molar-refractivity contribution in [2.45, 2.75) is 19.9 Å². The number of aromatic nitrogens is 1. The molecule has 8 nitrogen and oxygen atoms in total. The van der Waals surface area contributed by atoms with Crippen molar-refractivity contribution in [1.82, 2.24) is 4.57 Å². The fourth-order valence-corrected chi connectivity index (χ4v) is 4.92. The number of benzene rings is 2. The average Bonchev–Trinajstić information content (AvgIpc) is 3.17. The quantitative estimate of drug-likeness (QED) is 0.491. The molecule has 0 radical (unpaired) electrons. The molecule has 4 rings (SSSR count). The number of rotatable bonds is 6. The summed E-state index contributed by atoms with van der Waals surface area (Å²) in [5.74, 6) is -0.283. The van der Waals surface area contributed by atoms with Crippen LogP contribution in [0.2, 0.25) is 0 Å². The Balaban J connectivity index is 1.87. The molecule has 35 heavy (non-hydrogen) atoms. The first-order valence-corrected chi connectivity index (χ1v) is 11.7. The lowest BCUT2D eigenvalue weighted by atomic mass is 9.96. The molecule has 3 aromatic rings. The molecule has 2 aromatic carbocycles. The molecule has 1 aliphatic heterocycles. The molecule has 0 spiro atoms. The van der Waals surface area contributed by atoms with Gasteiger partial charge in [0.1, 0.15) is 5.75 Å². The number of nitrogens with zero attached hydrogens (tertiary/aromatic N) is 2. The van der Waals surface area contributed by atoms with Crippen molar-refractivity contribution in [3.63, 3.8) is 0 Å². The van der Waals surface area contributed by atoms with Crippen molar-refractivity contribution in [3.8, 4) is 5.75 Å². The monoisotopic (exact) mass is 492 g/mol. The maximum absolute atomic E-state index is 13.6. The molecule has 0 bridgehead atoms. The first-order valence-electron chi connectivity index (χ1n) is 10.9. The first kappa shape index (κ1) is 24.2. The number of carbonyl (C=O) groups is 2. The molecule has 9 heteroatoms. The van der Waals surface area contributed by atoms with Gasteiger partial charge in [0.15, 0.2) is 4.80 Å². The van der Waals surface area contributed by atoms with Gasteiger partial charge in [-0.15, -0.1) is 0 Å². The number of hydrogen-bond acceptors (Lipinski definition) is 8. The van der Waals surface area contributed by atoms with Gasteiger partial charge in [-0.05, 0) is 55.3 Å². The van der Waals surface area contributed by atoms with Gasteiger partial charge in [0.05, 0.1) is 48.2 Å². The Morgan fingerprint density at radius 3 is 2.34 bits per heavy atom. The summed E-state index contributed by atoms with van der Waals surface area (Å²) in [7, 11) is 2.90. The Morgan fingerprint density at radius 1 is 1.06 bits per heavy atom. The third kappa shape index (κ3) is 4.67. The van der Waals surface area contributed by atoms with E-state index in [9.17, 15) is 14.4 Å². The lowest BCUT2D eigenvalue weighted by Crippen LogP contribution is -2.39. The number of hydrogen-bond donors (Lipinski definition) is 0. The molecular formula is C26H24N2O6S. The van der Waals surface area contributed by atoms with Crippen molar-refractivity contribution in [3.05, 3.63) is 96.2 Å². The predicted octanol–water partition coefficient (Wildman–Crippen LogP) is 2.59. The zero-order valence-electron chi connectivity index (χ0n) is 19.7. The molecule has 180 valence electrons. The molecule has 0 amide bonds. The zero-order chi connectivity index (χ0) is 25.1. The predicted molar refractivity (Wildman–Crippen MR) is 131 cm³/mol. The van der Waals surface area contributed by atoms with Gasteiger partial charge >= 0.3 is 11.9 Å². The van der Waals surface area contributed by atoms with Gasteiger partial charge in [0.25, 0.3) is 5.56 Å². The summed E-state index contributed by atoms with van der Waals surface area (Å²) in [6, 6.07) is 13.3. The van der Waals surface area contributed by atoms with Crippen LogP contribution in [-0.2, 0) is 14.3 Å². The Labute approximate surface area is 205 Å². The maximum atomic E-state index is 13.6. The minimum atomic E-state index is -0.694. The van der Waals surface area contributed by atoms with Crippen LogP contribution in [-0.4, -0.2) is 37.3 Å². The second-order valence-corrected chi connectivity index (χ2v) is 8.70. The summed E-state index contributed by atoms with van der Waals surface area (Å²) in [6.07, 6.45) is 1.74. The van der Waals surface area contributed by atoms with E-state index >= 15 is 0 Å². The highest BCUT2D eigenvalue weighted by Crippen LogP contribution is 2.31. The largest absolute Gasteiger partial charge is 0.497 e. The van der Waals surface area contributed by atoms with E-state index in [1.807, 2.05) is 12.1 Å². The van der Waals surface area contributed by atoms with Gasteiger partial charge in [-0.1, -0.05) is 35.6 Å². The topological polar surface area (TPSA) is 96.2 Å². The van der Waals surface area contributed by atoms with E-state index in [0.717, 1.165) is 11.1 Å². The van der Waals surface area contributed by atoms with E-state index < -0.39 is 18.0 Å². The molecule has 0 aliphatic carbocycles. The van der Waals surface area contributed by atoms with Gasteiger partial charge in [-0.25, -0.2) is 14.6 Å². The highest BCUT2D eigenvalue weighted by Gasteiger charge is 2.33. The first-order chi connectivity index (χ1) is 16.9. The molecule has 0 saturated heterocycles. The second-order valence-electron chi connectivity index (χ2n) is 7.69. The lowest BCUT2D eigenvalue weighted by Gasteiger charge is -2.24. The summed E-state index contributed by atoms with van der Waals surface area (Å²) >= 11 is 1.23. The van der Waals surface area contributed by atoms with Crippen LogP contribution in [0.3, 0.4) is 0 Å². The molecule has 1 aliphatic rings. The van der Waals surface area contributed by atoms with Crippen molar-refractivity contribution >= 4 is 29.4 Å². The normalized spacial score (nSPS) is 15.3. The summed E-state index contributed by atoms with van der Waals surface area (Å²) in [4.78, 5) is 43.3. The van der Waals surface area contributed by atoms with E-state index in [0.29, 0.717) is 31.9 Å². The zero-order valence-corrected chi connectivity index (χ0v) is 20.5. The minimum absolute atomic E-state index is 0.205. The van der Waals surface area contributed by atoms with Crippen molar-refractivity contribution in [1.29, 1.82) is 0 Å². The maximum Gasteiger partial charge on any atom is 0.338 e. The van der Waals surface area contributed by atoms with E-state index in [-0.39, 0.29) is 12.2 Å². The number of allylic oxidation sites excluding steroid dienone is 1. The third-order valence-corrected chi connectivity index (χ3v) is 6.56. The number of esters is 2. The minimum Gasteiger partial charge on any atom is -0.497 e. The van der Waals surface area contributed by atoms with Crippen LogP contribution in [0.4, 0.5) is 0 Å². The Morgan fingerprint density at radius 2 is 1.74 bits per heavy atom. The van der Waals surface area contributed by atoms with E-state index in [1.165, 1.54) is 23.0 Å². The van der Waals surface area contributed by atoms with Crippen LogP contribution in [0.25, 0.3) is 6.08 Å². The molecule has 2 heterocycles. The Hall–Kier alpha value is -3.98. The van der Waals surface area contributed by atoms with Crippen LogP contribution in [0.15, 0.2) is 69.6 Å². The fourth-order valence-electron chi connectivity index (χ4n) is 3.88. The van der Waals surface area contributed by atoms with Gasteiger partial charge in [-0.3, -0.25) is 9.36 Å². The number of methoxy groups -OCH3 is 2. The lowest BCUT2D eigenvalue weighted by molar-refractivity contribution is -0.139. The van der Waals surface area contributed by atoms with Crippen LogP contribution in [0, 0.1) is 0 Å². The fraction of sp³-hybridized carbons (Fsp3) is 0.231. The van der Waals surface area contributed by atoms with Crippen molar-refractivity contribution in [2.24, 2.45) is 4.99 Å². The number of ether oxygens (including phenoxy) is 3.